The van der Waals surface area contributed by atoms with E-state index < -0.39 is 133 Å². The zero-order valence-electron chi connectivity index (χ0n) is 62.4. The Hall–Kier alpha value is -5.18. The number of benzene rings is 2. The zero-order chi connectivity index (χ0) is 74.3. The number of fused-ring (bicyclic) bond motifs is 8. The van der Waals surface area contributed by atoms with Gasteiger partial charge in [0.25, 0.3) is 0 Å². The predicted octanol–water partition coefficient (Wildman–Crippen LogP) is 3.68. The van der Waals surface area contributed by atoms with Gasteiger partial charge >= 0.3 is 60.6 Å². The molecule has 7 saturated heterocycles. The normalized spacial score (nSPS) is 33.7. The molecular formula is C73H106Br2ClLiN4O25. The maximum absolute atomic E-state index is 11.4. The number of rotatable bonds is 14. The molecule has 8 bridgehead atoms. The van der Waals surface area contributed by atoms with Crippen LogP contribution in [0.1, 0.15) is 149 Å². The molecule has 11 heterocycles. The van der Waals surface area contributed by atoms with Crippen molar-refractivity contribution in [2.24, 2.45) is 35.5 Å². The minimum atomic E-state index is -1.46. The third kappa shape index (κ3) is 21.3. The summed E-state index contributed by atoms with van der Waals surface area (Å²) in [5.74, 6) is 0.774. The maximum atomic E-state index is 11.4. The van der Waals surface area contributed by atoms with Gasteiger partial charge in [0.05, 0.1) is 12.7 Å². The van der Waals surface area contributed by atoms with Gasteiger partial charge in [-0.05, 0) is 110 Å². The van der Waals surface area contributed by atoms with Crippen LogP contribution in [-0.4, -0.2) is 241 Å². The summed E-state index contributed by atoms with van der Waals surface area (Å²) >= 11 is 3.26. The first-order chi connectivity index (χ1) is 48.5. The molecule has 2 saturated carbocycles. The first-order valence-electron chi connectivity index (χ1n) is 35.5. The molecule has 15 rings (SSSR count). The molecule has 33 heteroatoms. The maximum Gasteiger partial charge on any atom is 1.00 e. The van der Waals surface area contributed by atoms with E-state index in [2.05, 4.69) is 49.5 Å². The molecule has 9 N–H and O–H groups in total. The Kier molecular flexibility index (Phi) is 35.1. The number of hydrogen-bond acceptors (Lipinski definition) is 27. The van der Waals surface area contributed by atoms with Crippen LogP contribution in [0, 0.1) is 35.5 Å². The molecule has 9 aliphatic heterocycles. The molecule has 2 aromatic carbocycles. The summed E-state index contributed by atoms with van der Waals surface area (Å²) in [4.78, 5) is 91.4. The van der Waals surface area contributed by atoms with Gasteiger partial charge in [0.2, 0.25) is 18.7 Å². The number of H-pyrrole nitrogens is 2. The Morgan fingerprint density at radius 2 is 0.981 bits per heavy atom. The number of nitrogens with one attached hydrogen (secondary N) is 2. The number of alkyl halides is 1. The average Bonchev–Trinajstić information content (AvgIpc) is 1.59. The summed E-state index contributed by atoms with van der Waals surface area (Å²) in [7, 11) is 1.00. The van der Waals surface area contributed by atoms with Crippen LogP contribution in [0.5, 0.6) is 11.5 Å². The standard InChI is InChI=1S/C25H34N2O6.C19H24N2O.C15H22O9.C13H19BrO7.CH4O.BrH.ClH.Li.H2O/c1-2-13-7-12-8-17-20-15(5-6-27(10-12)21(13)17)16-9-14(3-4-18(16)26-20)32-25-24(31)23(30)22(29)19(11-28)33-25;1-2-12-7-11-8-16-18-14(5-6-21(10-11)19(12)16)15-9-13(22)3-4-17(15)20-18;1-7-12(6-20-8(2)16)24-15(23-11(5)19)14(22-10(4)18)13(7)21-9(3)17;1-6-10(5-18-7(2)15)21-13(14)12(20-9(4)17)11(6)19-8(3)16;1-2;;;;/h3-4,9,12-13,17,19,21-26,28-31H,2,5-8,10-11H2,1H3;3-4,9,11-12,16,19-20,22H,2,5-8,10H2,1H3;7,12-15H,6H2,1-5H3;6,10-13H,5H2,1-4H3;2H,1H3;2*1H;;1H2/q;;;;;;;+1;/p-1/t12-,13-,17-,19+,21?,22+,23-,24+,25-;11-,12-,16-,19?;7-,12-,13+,14-,15+;6-,10-,11+,12-,13+;;;;;/m0011...../s1. The summed E-state index contributed by atoms with van der Waals surface area (Å²) in [6, 6.07) is 12.9. The van der Waals surface area contributed by atoms with E-state index in [9.17, 15) is 59.1 Å². The third-order valence-corrected chi connectivity index (χ3v) is 22.2. The Balaban J connectivity index is 0.000000253. The topological polar surface area (TPSA) is 410 Å². The van der Waals surface area contributed by atoms with Gasteiger partial charge in [0, 0.05) is 151 Å². The second-order valence-electron chi connectivity index (χ2n) is 28.3. The smallest absolute Gasteiger partial charge is 0.870 e. The van der Waals surface area contributed by atoms with E-state index in [-0.39, 0.29) is 72.9 Å². The van der Waals surface area contributed by atoms with Crippen molar-refractivity contribution in [3.05, 3.63) is 58.9 Å². The van der Waals surface area contributed by atoms with Crippen molar-refractivity contribution in [1.82, 2.24) is 19.8 Å². The van der Waals surface area contributed by atoms with Crippen LogP contribution in [0.3, 0.4) is 0 Å². The first kappa shape index (κ1) is 91.4. The van der Waals surface area contributed by atoms with Crippen molar-refractivity contribution in [2.45, 2.75) is 230 Å². The molecule has 4 aromatic rings. The fourth-order valence-electron chi connectivity index (χ4n) is 17.2. The quantitative estimate of drug-likeness (QED) is 0.0386. The van der Waals surface area contributed by atoms with E-state index in [1.165, 1.54) is 133 Å². The van der Waals surface area contributed by atoms with Gasteiger partial charge in [-0.15, -0.1) is 29.4 Å². The van der Waals surface area contributed by atoms with Crippen LogP contribution in [0.25, 0.3) is 21.8 Å². The molecule has 0 radical (unpaired) electrons. The number of carbonyl (C=O) groups is 7. The van der Waals surface area contributed by atoms with Crippen molar-refractivity contribution < 1.29 is 141 Å². The number of halogens is 3. The molecule has 29 nitrogen and oxygen atoms in total. The van der Waals surface area contributed by atoms with E-state index in [1.54, 1.807) is 19.9 Å². The van der Waals surface area contributed by atoms with Crippen molar-refractivity contribution in [3.8, 4) is 11.5 Å². The number of aromatic nitrogens is 2. The molecule has 0 amide bonds. The van der Waals surface area contributed by atoms with Crippen molar-refractivity contribution in [1.29, 1.82) is 0 Å². The Morgan fingerprint density at radius 1 is 0.557 bits per heavy atom. The second kappa shape index (κ2) is 40.7. The fraction of sp³-hybridized carbons (Fsp3) is 0.685. The zero-order valence-corrected chi connectivity index (χ0v) is 66.5. The van der Waals surface area contributed by atoms with Gasteiger partial charge in [-0.25, -0.2) is 0 Å². The van der Waals surface area contributed by atoms with E-state index in [4.69, 9.17) is 57.2 Å². The molecule has 590 valence electrons. The molecular weight excluding hydrogens is 1540 g/mol. The summed E-state index contributed by atoms with van der Waals surface area (Å²) < 4.78 is 58.4. The number of phenolic OH excluding ortho intramolecular Hbond substituents is 1. The van der Waals surface area contributed by atoms with Gasteiger partial charge in [-0.3, -0.25) is 43.4 Å². The van der Waals surface area contributed by atoms with Crippen LogP contribution >= 0.6 is 45.3 Å². The molecule has 0 spiro atoms. The second-order valence-corrected chi connectivity index (χ2v) is 29.2. The first-order valence-corrected chi connectivity index (χ1v) is 36.4. The number of nitrogens with zero attached hydrogens (tertiary/aromatic N) is 2. The molecule has 106 heavy (non-hydrogen) atoms. The number of phenols is 1. The van der Waals surface area contributed by atoms with Gasteiger partial charge in [-0.2, -0.15) is 0 Å². The number of aliphatic hydroxyl groups excluding tert-OH is 5. The minimum Gasteiger partial charge on any atom is -0.870 e. The SMILES string of the molecule is Br.CC(=O)OC[C@H]1O[C@H](Br)[C@H](OC(C)=O)[C@@H](OC(C)=O)[C@@H]1C.CC(=O)OC[C@H]1O[C@H](OC(C)=O)[C@H](OC(C)=O)[C@@H](OC(C)=O)[C@@H]1C.CC[C@H]1C[C@H]2C[C@H]3c4[nH]c5ccc(O)cc5c4CCN(C2)C13.CC[C@H]1C[C@H]2C[C@H]3c4[nH]c5ccc(O[C@H]6O[C@H](CO)[C@@H](O)[C@H](O)[C@H]6O)cc5c4CCN(C2)C13.CO.Cl.[Li+].[OH-]. The van der Waals surface area contributed by atoms with E-state index in [1.807, 2.05) is 30.3 Å². The van der Waals surface area contributed by atoms with Crippen LogP contribution in [-0.2, 0) is 93.8 Å². The number of aromatic hydroxyl groups is 1. The number of aromatic amines is 2. The number of carbonyl (C=O) groups excluding carboxylic acids is 7. The number of esters is 7. The molecule has 2 aromatic heterocycles. The van der Waals surface area contributed by atoms with Crippen LogP contribution < -0.4 is 23.6 Å². The minimum absolute atomic E-state index is 0. The molecule has 25 atom stereocenters. The summed E-state index contributed by atoms with van der Waals surface area (Å²) in [6.07, 6.45) is -2.36. The van der Waals surface area contributed by atoms with Crippen molar-refractivity contribution in [3.63, 3.8) is 0 Å². The summed E-state index contributed by atoms with van der Waals surface area (Å²) in [5, 5.41) is 58.4. The summed E-state index contributed by atoms with van der Waals surface area (Å²) in [6.45, 7) is 21.0. The van der Waals surface area contributed by atoms with Crippen molar-refractivity contribution >= 4 is 109 Å². The molecule has 11 aliphatic rings. The number of ether oxygens (including phenoxy) is 11. The van der Waals surface area contributed by atoms with Gasteiger partial charge in [0.1, 0.15) is 67.4 Å². The van der Waals surface area contributed by atoms with Crippen LogP contribution in [0.2, 0.25) is 0 Å². The predicted molar refractivity (Wildman–Crippen MR) is 389 cm³/mol. The Labute approximate surface area is 654 Å². The summed E-state index contributed by atoms with van der Waals surface area (Å²) in [5.41, 5.74) is 7.98. The molecule has 4 unspecified atom stereocenters. The van der Waals surface area contributed by atoms with E-state index in [0.717, 1.165) is 74.0 Å². The number of hydrogen-bond donors (Lipinski definition) is 8. The van der Waals surface area contributed by atoms with Crippen molar-refractivity contribution in [2.75, 3.05) is 53.1 Å². The average molecular weight is 1640 g/mol. The van der Waals surface area contributed by atoms with E-state index >= 15 is 0 Å². The Bertz CT molecular complexity index is 3590. The number of piperidine rings is 4. The molecule has 2 aliphatic carbocycles. The van der Waals surface area contributed by atoms with Crippen LogP contribution in [0.15, 0.2) is 36.4 Å². The number of aliphatic hydroxyl groups is 5. The Morgan fingerprint density at radius 3 is 1.43 bits per heavy atom. The van der Waals surface area contributed by atoms with Crippen LogP contribution in [0.4, 0.5) is 0 Å². The van der Waals surface area contributed by atoms with Gasteiger partial charge < -0.3 is 98.2 Å². The monoisotopic (exact) mass is 1640 g/mol. The van der Waals surface area contributed by atoms with Gasteiger partial charge in [0.15, 0.2) is 11.1 Å². The fourth-order valence-corrected chi connectivity index (χ4v) is 17.9. The largest absolute Gasteiger partial charge is 1.00 e. The third-order valence-electron chi connectivity index (χ3n) is 21.5. The van der Waals surface area contributed by atoms with Gasteiger partial charge in [-0.1, -0.05) is 56.5 Å². The van der Waals surface area contributed by atoms with E-state index in [0.29, 0.717) is 29.4 Å². The molecule has 9 fully saturated rings.